The third kappa shape index (κ3) is 2.61. The van der Waals surface area contributed by atoms with Crippen molar-refractivity contribution >= 4 is 0 Å². The molecule has 0 amide bonds. The fraction of sp³-hybridized carbons (Fsp3) is 0.647. The van der Waals surface area contributed by atoms with Gasteiger partial charge in [0, 0.05) is 18.0 Å². The summed E-state index contributed by atoms with van der Waals surface area (Å²) in [6.07, 6.45) is 5.52. The summed E-state index contributed by atoms with van der Waals surface area (Å²) in [6, 6.07) is 12.5. The van der Waals surface area contributed by atoms with E-state index in [9.17, 15) is 0 Å². The molecule has 2 aliphatic rings. The molecule has 5 unspecified atom stereocenters. The minimum absolute atomic E-state index is 0.744. The zero-order chi connectivity index (χ0) is 12.5. The molecule has 1 aromatic rings. The zero-order valence-electron chi connectivity index (χ0n) is 11.6. The van der Waals surface area contributed by atoms with Gasteiger partial charge in [0.1, 0.15) is 0 Å². The lowest BCUT2D eigenvalue weighted by molar-refractivity contribution is 0.226. The predicted molar refractivity (Wildman–Crippen MR) is 76.7 cm³/mol. The van der Waals surface area contributed by atoms with Gasteiger partial charge in [-0.25, -0.2) is 0 Å². The fourth-order valence-corrected chi connectivity index (χ4v) is 3.64. The van der Waals surface area contributed by atoms with Gasteiger partial charge in [0.05, 0.1) is 0 Å². The van der Waals surface area contributed by atoms with Crippen LogP contribution in [0.2, 0.25) is 0 Å². The van der Waals surface area contributed by atoms with Crippen molar-refractivity contribution in [2.75, 3.05) is 0 Å². The average molecular weight is 243 g/mol. The Morgan fingerprint density at radius 3 is 2.44 bits per heavy atom. The standard InChI is InChI=1S/C17H25N/c1-12-8-9-16(13(2)10-12)18-17-11-15(17)14-6-4-3-5-7-14/h3-7,12-13,15-18H,8-11H2,1-2H3. The maximum atomic E-state index is 3.91. The van der Waals surface area contributed by atoms with Gasteiger partial charge in [-0.1, -0.05) is 44.2 Å². The maximum absolute atomic E-state index is 3.91. The molecule has 2 fully saturated rings. The Balaban J connectivity index is 1.54. The van der Waals surface area contributed by atoms with E-state index in [4.69, 9.17) is 0 Å². The molecule has 1 N–H and O–H groups in total. The Morgan fingerprint density at radius 1 is 0.944 bits per heavy atom. The van der Waals surface area contributed by atoms with Gasteiger partial charge in [-0.2, -0.15) is 0 Å². The molecule has 18 heavy (non-hydrogen) atoms. The molecule has 0 spiro atoms. The van der Waals surface area contributed by atoms with Crippen LogP contribution in [-0.4, -0.2) is 12.1 Å². The first-order valence-corrected chi connectivity index (χ1v) is 7.55. The summed E-state index contributed by atoms with van der Waals surface area (Å²) in [4.78, 5) is 0. The summed E-state index contributed by atoms with van der Waals surface area (Å²) in [6.45, 7) is 4.82. The molecule has 3 rings (SSSR count). The molecule has 0 bridgehead atoms. The molecule has 0 saturated heterocycles. The van der Waals surface area contributed by atoms with E-state index in [2.05, 4.69) is 49.5 Å². The topological polar surface area (TPSA) is 12.0 Å². The summed E-state index contributed by atoms with van der Waals surface area (Å²) in [5.74, 6) is 2.56. The quantitative estimate of drug-likeness (QED) is 0.847. The maximum Gasteiger partial charge on any atom is 0.0145 e. The third-order valence-electron chi connectivity index (χ3n) is 4.88. The Hall–Kier alpha value is -0.820. The van der Waals surface area contributed by atoms with Crippen LogP contribution in [0.15, 0.2) is 30.3 Å². The minimum Gasteiger partial charge on any atom is -0.310 e. The highest BCUT2D eigenvalue weighted by molar-refractivity contribution is 5.27. The molecule has 5 atom stereocenters. The van der Waals surface area contributed by atoms with Crippen LogP contribution in [0.25, 0.3) is 0 Å². The van der Waals surface area contributed by atoms with Crippen LogP contribution in [0.1, 0.15) is 51.0 Å². The first kappa shape index (κ1) is 12.2. The predicted octanol–water partition coefficient (Wildman–Crippen LogP) is 3.96. The lowest BCUT2D eigenvalue weighted by Crippen LogP contribution is -2.40. The van der Waals surface area contributed by atoms with Gasteiger partial charge in [0.25, 0.3) is 0 Å². The Labute approximate surface area is 111 Å². The van der Waals surface area contributed by atoms with Crippen molar-refractivity contribution in [2.45, 2.75) is 57.5 Å². The summed E-state index contributed by atoms with van der Waals surface area (Å²) in [5, 5.41) is 3.91. The van der Waals surface area contributed by atoms with Gasteiger partial charge in [-0.15, -0.1) is 0 Å². The highest BCUT2D eigenvalue weighted by atomic mass is 15.0. The second-order valence-electron chi connectivity index (χ2n) is 6.53. The van der Waals surface area contributed by atoms with Gasteiger partial charge in [0.15, 0.2) is 0 Å². The first-order valence-electron chi connectivity index (χ1n) is 7.55. The SMILES string of the molecule is CC1CCC(NC2CC2c2ccccc2)C(C)C1. The van der Waals surface area contributed by atoms with Crippen LogP contribution in [0.3, 0.4) is 0 Å². The highest BCUT2D eigenvalue weighted by Crippen LogP contribution is 2.42. The largest absolute Gasteiger partial charge is 0.310 e. The summed E-state index contributed by atoms with van der Waals surface area (Å²) < 4.78 is 0. The third-order valence-corrected chi connectivity index (χ3v) is 4.88. The van der Waals surface area contributed by atoms with E-state index in [1.165, 1.54) is 31.2 Å². The lowest BCUT2D eigenvalue weighted by atomic mass is 9.80. The van der Waals surface area contributed by atoms with Crippen LogP contribution in [0.4, 0.5) is 0 Å². The number of hydrogen-bond donors (Lipinski definition) is 1. The van der Waals surface area contributed by atoms with Gasteiger partial charge >= 0.3 is 0 Å². The van der Waals surface area contributed by atoms with Crippen molar-refractivity contribution in [3.8, 4) is 0 Å². The van der Waals surface area contributed by atoms with Crippen molar-refractivity contribution in [1.29, 1.82) is 0 Å². The van der Waals surface area contributed by atoms with Gasteiger partial charge < -0.3 is 5.32 Å². The molecule has 2 aliphatic carbocycles. The van der Waals surface area contributed by atoms with E-state index in [0.29, 0.717) is 0 Å². The molecule has 98 valence electrons. The summed E-state index contributed by atoms with van der Waals surface area (Å²) in [5.41, 5.74) is 1.52. The van der Waals surface area contributed by atoms with Gasteiger partial charge in [-0.3, -0.25) is 0 Å². The number of nitrogens with one attached hydrogen (secondary N) is 1. The van der Waals surface area contributed by atoms with Gasteiger partial charge in [-0.05, 0) is 43.1 Å². The van der Waals surface area contributed by atoms with Crippen molar-refractivity contribution < 1.29 is 0 Å². The molecule has 1 nitrogen and oxygen atoms in total. The summed E-state index contributed by atoms with van der Waals surface area (Å²) >= 11 is 0. The van der Waals surface area contributed by atoms with E-state index in [1.807, 2.05) is 0 Å². The van der Waals surface area contributed by atoms with Crippen LogP contribution in [0, 0.1) is 11.8 Å². The molecule has 1 heteroatoms. The van der Waals surface area contributed by atoms with E-state index < -0.39 is 0 Å². The van der Waals surface area contributed by atoms with Crippen LogP contribution in [-0.2, 0) is 0 Å². The van der Waals surface area contributed by atoms with E-state index in [0.717, 1.165) is 29.8 Å². The Kier molecular flexibility index (Phi) is 3.43. The molecule has 0 aliphatic heterocycles. The average Bonchev–Trinajstić information content (AvgIpc) is 3.13. The Morgan fingerprint density at radius 2 is 1.72 bits per heavy atom. The van der Waals surface area contributed by atoms with Crippen LogP contribution >= 0.6 is 0 Å². The molecule has 1 aromatic carbocycles. The molecule has 2 saturated carbocycles. The van der Waals surface area contributed by atoms with Crippen LogP contribution in [0.5, 0.6) is 0 Å². The smallest absolute Gasteiger partial charge is 0.0145 e. The van der Waals surface area contributed by atoms with Crippen molar-refractivity contribution in [1.82, 2.24) is 5.32 Å². The molecular formula is C17H25N. The number of rotatable bonds is 3. The summed E-state index contributed by atoms with van der Waals surface area (Å²) in [7, 11) is 0. The lowest BCUT2D eigenvalue weighted by Gasteiger charge is -2.33. The Bertz CT molecular complexity index is 386. The van der Waals surface area contributed by atoms with Crippen molar-refractivity contribution in [2.24, 2.45) is 11.8 Å². The first-order chi connectivity index (χ1) is 8.74. The number of benzene rings is 1. The highest BCUT2D eigenvalue weighted by Gasteiger charge is 2.40. The molecule has 0 radical (unpaired) electrons. The van der Waals surface area contributed by atoms with Crippen molar-refractivity contribution in [3.05, 3.63) is 35.9 Å². The minimum atomic E-state index is 0.744. The molecular weight excluding hydrogens is 218 g/mol. The monoisotopic (exact) mass is 243 g/mol. The van der Waals surface area contributed by atoms with Crippen LogP contribution < -0.4 is 5.32 Å². The van der Waals surface area contributed by atoms with Gasteiger partial charge in [0.2, 0.25) is 0 Å². The molecule has 0 heterocycles. The second kappa shape index (κ2) is 5.05. The zero-order valence-corrected chi connectivity index (χ0v) is 11.6. The van der Waals surface area contributed by atoms with E-state index >= 15 is 0 Å². The second-order valence-corrected chi connectivity index (χ2v) is 6.53. The molecule has 0 aromatic heterocycles. The normalized spacial score (nSPS) is 39.6. The van der Waals surface area contributed by atoms with Crippen molar-refractivity contribution in [3.63, 3.8) is 0 Å². The van der Waals surface area contributed by atoms with E-state index in [1.54, 1.807) is 0 Å². The fourth-order valence-electron chi connectivity index (χ4n) is 3.64. The number of hydrogen-bond acceptors (Lipinski definition) is 1. The van der Waals surface area contributed by atoms with E-state index in [-0.39, 0.29) is 0 Å².